The van der Waals surface area contributed by atoms with Gasteiger partial charge in [-0.3, -0.25) is 9.59 Å². The number of carbonyl (C=O) groups excluding carboxylic acids is 2. The van der Waals surface area contributed by atoms with Gasteiger partial charge in [0.2, 0.25) is 5.91 Å². The number of allylic oxidation sites excluding steroid dienone is 3. The number of benzene rings is 1. The van der Waals surface area contributed by atoms with Crippen LogP contribution in [0.3, 0.4) is 0 Å². The predicted octanol–water partition coefficient (Wildman–Crippen LogP) is 2.66. The Morgan fingerprint density at radius 1 is 1.18 bits per heavy atom. The van der Waals surface area contributed by atoms with Crippen LogP contribution in [-0.4, -0.2) is 24.4 Å². The number of hydrogen-bond donors (Lipinski definition) is 2. The van der Waals surface area contributed by atoms with E-state index >= 15 is 0 Å². The molecule has 0 saturated heterocycles. The fourth-order valence-corrected chi connectivity index (χ4v) is 2.12. The molecule has 0 heterocycles. The van der Waals surface area contributed by atoms with Gasteiger partial charge in [-0.1, -0.05) is 0 Å². The van der Waals surface area contributed by atoms with Crippen molar-refractivity contribution in [3.8, 4) is 0 Å². The minimum atomic E-state index is -0.234. The normalized spacial score (nSPS) is 16.2. The molecule has 114 valence electrons. The molecule has 0 bridgehead atoms. The largest absolute Gasteiger partial charge is 0.388 e. The van der Waals surface area contributed by atoms with Gasteiger partial charge in [-0.05, 0) is 49.3 Å². The summed E-state index contributed by atoms with van der Waals surface area (Å²) in [4.78, 5) is 27.7. The van der Waals surface area contributed by atoms with E-state index in [1.54, 1.807) is 13.0 Å². The summed E-state index contributed by atoms with van der Waals surface area (Å²) in [6.07, 6.45) is 3.10. The van der Waals surface area contributed by atoms with Crippen molar-refractivity contribution in [1.29, 1.82) is 0 Å². The summed E-state index contributed by atoms with van der Waals surface area (Å²) in [5, 5.41) is 5.73. The molecule has 0 saturated carbocycles. The van der Waals surface area contributed by atoms with E-state index in [0.29, 0.717) is 17.0 Å². The molecule has 22 heavy (non-hydrogen) atoms. The van der Waals surface area contributed by atoms with Crippen LogP contribution in [0.25, 0.3) is 0 Å². The smallest absolute Gasteiger partial charge is 0.221 e. The monoisotopic (exact) mass is 297 g/mol. The first-order valence-electron chi connectivity index (χ1n) is 7.00. The van der Waals surface area contributed by atoms with Crippen LogP contribution in [0, 0.1) is 6.92 Å². The fourth-order valence-electron chi connectivity index (χ4n) is 2.12. The second-order valence-electron chi connectivity index (χ2n) is 5.18. The standard InChI is InChI=1S/C17H19N3O2/c1-10-7-13(18-4)5-6-14(10)20-15-8-11(2)17(22)9-16(15)19-12(3)21/h5-9,18H,1-4H3,(H,19,21). The van der Waals surface area contributed by atoms with Crippen molar-refractivity contribution < 1.29 is 9.59 Å². The Morgan fingerprint density at radius 3 is 2.50 bits per heavy atom. The molecule has 0 unspecified atom stereocenters. The molecule has 1 aliphatic carbocycles. The average Bonchev–Trinajstić information content (AvgIpc) is 2.45. The van der Waals surface area contributed by atoms with Crippen LogP contribution in [0.4, 0.5) is 11.4 Å². The van der Waals surface area contributed by atoms with Crippen LogP contribution in [0.5, 0.6) is 0 Å². The molecule has 0 fully saturated rings. The zero-order valence-corrected chi connectivity index (χ0v) is 13.2. The first-order chi connectivity index (χ1) is 10.4. The Hall–Kier alpha value is -2.69. The molecule has 2 rings (SSSR count). The number of nitrogens with one attached hydrogen (secondary N) is 2. The average molecular weight is 297 g/mol. The lowest BCUT2D eigenvalue weighted by molar-refractivity contribution is -0.118. The van der Waals surface area contributed by atoms with Crippen molar-refractivity contribution in [3.05, 3.63) is 47.2 Å². The van der Waals surface area contributed by atoms with Crippen LogP contribution in [-0.2, 0) is 9.59 Å². The molecule has 0 radical (unpaired) electrons. The zero-order valence-electron chi connectivity index (χ0n) is 13.2. The third-order valence-electron chi connectivity index (χ3n) is 3.33. The second kappa shape index (κ2) is 6.39. The number of ketones is 1. The molecular formula is C17H19N3O2. The van der Waals surface area contributed by atoms with E-state index in [2.05, 4.69) is 15.6 Å². The highest BCUT2D eigenvalue weighted by Gasteiger charge is 2.17. The summed E-state index contributed by atoms with van der Waals surface area (Å²) in [6.45, 7) is 5.10. The molecule has 0 atom stereocenters. The van der Waals surface area contributed by atoms with E-state index in [9.17, 15) is 9.59 Å². The van der Waals surface area contributed by atoms with Gasteiger partial charge in [0, 0.05) is 25.7 Å². The lowest BCUT2D eigenvalue weighted by atomic mass is 10.0. The molecule has 0 aliphatic heterocycles. The molecule has 1 aromatic carbocycles. The van der Waals surface area contributed by atoms with Gasteiger partial charge in [0.1, 0.15) is 0 Å². The van der Waals surface area contributed by atoms with Crippen molar-refractivity contribution in [2.75, 3.05) is 12.4 Å². The number of nitrogens with zero attached hydrogens (tertiary/aromatic N) is 1. The molecule has 5 heteroatoms. The maximum atomic E-state index is 11.8. The van der Waals surface area contributed by atoms with Crippen LogP contribution < -0.4 is 10.6 Å². The number of aliphatic imine (C=N–C) groups is 1. The molecule has 1 amide bonds. The minimum Gasteiger partial charge on any atom is -0.388 e. The van der Waals surface area contributed by atoms with Crippen molar-refractivity contribution in [2.24, 2.45) is 4.99 Å². The Labute approximate surface area is 129 Å². The third-order valence-corrected chi connectivity index (χ3v) is 3.33. The number of rotatable bonds is 3. The Kier molecular flexibility index (Phi) is 4.56. The molecule has 2 N–H and O–H groups in total. The highest BCUT2D eigenvalue weighted by Crippen LogP contribution is 2.24. The van der Waals surface area contributed by atoms with Gasteiger partial charge in [-0.15, -0.1) is 0 Å². The van der Waals surface area contributed by atoms with E-state index in [1.807, 2.05) is 32.2 Å². The van der Waals surface area contributed by atoms with E-state index in [-0.39, 0.29) is 11.7 Å². The summed E-state index contributed by atoms with van der Waals surface area (Å²) in [6, 6.07) is 5.82. The maximum Gasteiger partial charge on any atom is 0.221 e. The Morgan fingerprint density at radius 2 is 1.91 bits per heavy atom. The number of amides is 1. The van der Waals surface area contributed by atoms with E-state index in [1.165, 1.54) is 13.0 Å². The van der Waals surface area contributed by atoms with Gasteiger partial charge < -0.3 is 10.6 Å². The van der Waals surface area contributed by atoms with Gasteiger partial charge >= 0.3 is 0 Å². The van der Waals surface area contributed by atoms with Crippen LogP contribution in [0.1, 0.15) is 19.4 Å². The van der Waals surface area contributed by atoms with Crippen molar-refractivity contribution >= 4 is 28.8 Å². The van der Waals surface area contributed by atoms with Gasteiger partial charge in [0.05, 0.1) is 17.1 Å². The fraction of sp³-hybridized carbons (Fsp3) is 0.235. The molecule has 5 nitrogen and oxygen atoms in total. The van der Waals surface area contributed by atoms with Crippen molar-refractivity contribution in [2.45, 2.75) is 20.8 Å². The molecule has 0 aromatic heterocycles. The van der Waals surface area contributed by atoms with E-state index < -0.39 is 0 Å². The summed E-state index contributed by atoms with van der Waals surface area (Å²) in [7, 11) is 1.86. The lowest BCUT2D eigenvalue weighted by Gasteiger charge is -2.14. The Bertz CT molecular complexity index is 727. The number of hydrogen-bond acceptors (Lipinski definition) is 4. The lowest BCUT2D eigenvalue weighted by Crippen LogP contribution is -2.27. The van der Waals surface area contributed by atoms with E-state index in [4.69, 9.17) is 0 Å². The summed E-state index contributed by atoms with van der Waals surface area (Å²) in [5.41, 5.74) is 4.41. The topological polar surface area (TPSA) is 70.6 Å². The van der Waals surface area contributed by atoms with Crippen LogP contribution >= 0.6 is 0 Å². The van der Waals surface area contributed by atoms with E-state index in [0.717, 1.165) is 16.9 Å². The highest BCUT2D eigenvalue weighted by molar-refractivity contribution is 6.23. The SMILES string of the molecule is CNc1ccc(N=C2C=C(C)C(=O)C=C2NC(C)=O)c(C)c1. The second-order valence-corrected chi connectivity index (χ2v) is 5.18. The number of carbonyl (C=O) groups is 2. The predicted molar refractivity (Wildman–Crippen MR) is 88.5 cm³/mol. The molecule has 1 aromatic rings. The van der Waals surface area contributed by atoms with Gasteiger partial charge in [0.25, 0.3) is 0 Å². The maximum absolute atomic E-state index is 11.8. The highest BCUT2D eigenvalue weighted by atomic mass is 16.1. The number of anilines is 1. The first kappa shape index (κ1) is 15.7. The van der Waals surface area contributed by atoms with Gasteiger partial charge in [0.15, 0.2) is 5.78 Å². The molecular weight excluding hydrogens is 278 g/mol. The summed E-state index contributed by atoms with van der Waals surface area (Å²) >= 11 is 0. The number of aryl methyl sites for hydroxylation is 1. The minimum absolute atomic E-state index is 0.120. The van der Waals surface area contributed by atoms with Crippen molar-refractivity contribution in [1.82, 2.24) is 5.32 Å². The summed E-state index contributed by atoms with van der Waals surface area (Å²) in [5.74, 6) is -0.355. The molecule has 0 spiro atoms. The van der Waals surface area contributed by atoms with Crippen molar-refractivity contribution in [3.63, 3.8) is 0 Å². The van der Waals surface area contributed by atoms with Gasteiger partial charge in [-0.25, -0.2) is 4.99 Å². The quantitative estimate of drug-likeness (QED) is 0.843. The van der Waals surface area contributed by atoms with Crippen LogP contribution in [0.15, 0.2) is 46.6 Å². The van der Waals surface area contributed by atoms with Gasteiger partial charge in [-0.2, -0.15) is 0 Å². The molecule has 1 aliphatic rings. The summed E-state index contributed by atoms with van der Waals surface area (Å²) < 4.78 is 0. The zero-order chi connectivity index (χ0) is 16.3. The Balaban J connectivity index is 2.45. The first-order valence-corrected chi connectivity index (χ1v) is 7.00. The third kappa shape index (κ3) is 3.49. The van der Waals surface area contributed by atoms with Crippen LogP contribution in [0.2, 0.25) is 0 Å².